The van der Waals surface area contributed by atoms with Gasteiger partial charge in [0.1, 0.15) is 11.4 Å². The Labute approximate surface area is 143 Å². The van der Waals surface area contributed by atoms with Gasteiger partial charge in [0.05, 0.1) is 17.4 Å². The molecule has 0 unspecified atom stereocenters. The zero-order valence-electron chi connectivity index (χ0n) is 13.6. The molecule has 0 saturated heterocycles. The van der Waals surface area contributed by atoms with Crippen molar-refractivity contribution >= 4 is 16.8 Å². The standard InChI is InChI=1S/C18H16N6O/c1-2-19-18(25)12-7-9-13(10-8-12)24-11-16(21-23-24)17-14-5-3-4-6-15(14)20-22-17/h3-11H,2H2,1H3,(H,19,25)(H,20,22). The topological polar surface area (TPSA) is 88.5 Å². The van der Waals surface area contributed by atoms with Crippen LogP contribution in [-0.2, 0) is 0 Å². The number of hydrogen-bond acceptors (Lipinski definition) is 4. The van der Waals surface area contributed by atoms with Crippen LogP contribution in [0.5, 0.6) is 0 Å². The third-order valence-electron chi connectivity index (χ3n) is 3.94. The molecule has 1 amide bonds. The summed E-state index contributed by atoms with van der Waals surface area (Å²) >= 11 is 0. The molecule has 0 aliphatic heterocycles. The van der Waals surface area contributed by atoms with Crippen molar-refractivity contribution in [2.45, 2.75) is 6.92 Å². The molecule has 0 fully saturated rings. The molecule has 0 bridgehead atoms. The van der Waals surface area contributed by atoms with Crippen LogP contribution in [-0.4, -0.2) is 37.6 Å². The fraction of sp³-hybridized carbons (Fsp3) is 0.111. The summed E-state index contributed by atoms with van der Waals surface area (Å²) in [4.78, 5) is 11.8. The van der Waals surface area contributed by atoms with Crippen molar-refractivity contribution in [2.75, 3.05) is 6.54 Å². The zero-order valence-corrected chi connectivity index (χ0v) is 13.6. The minimum absolute atomic E-state index is 0.0867. The van der Waals surface area contributed by atoms with E-state index in [1.807, 2.05) is 49.5 Å². The first-order valence-electron chi connectivity index (χ1n) is 8.00. The summed E-state index contributed by atoms with van der Waals surface area (Å²) in [6, 6.07) is 15.1. The molecule has 2 heterocycles. The number of nitrogens with zero attached hydrogens (tertiary/aromatic N) is 4. The summed E-state index contributed by atoms with van der Waals surface area (Å²) in [6.45, 7) is 2.49. The van der Waals surface area contributed by atoms with E-state index in [1.54, 1.807) is 16.8 Å². The van der Waals surface area contributed by atoms with Crippen LogP contribution >= 0.6 is 0 Å². The maximum Gasteiger partial charge on any atom is 0.251 e. The van der Waals surface area contributed by atoms with Crippen molar-refractivity contribution < 1.29 is 4.79 Å². The highest BCUT2D eigenvalue weighted by Gasteiger charge is 2.12. The number of nitrogens with one attached hydrogen (secondary N) is 2. The average Bonchev–Trinajstić information content (AvgIpc) is 3.29. The van der Waals surface area contributed by atoms with Crippen LogP contribution in [0, 0.1) is 0 Å². The highest BCUT2D eigenvalue weighted by molar-refractivity contribution is 5.94. The van der Waals surface area contributed by atoms with E-state index in [0.717, 1.165) is 22.3 Å². The Balaban J connectivity index is 1.64. The summed E-state index contributed by atoms with van der Waals surface area (Å²) in [7, 11) is 0. The van der Waals surface area contributed by atoms with E-state index < -0.39 is 0 Å². The molecule has 124 valence electrons. The molecule has 7 nitrogen and oxygen atoms in total. The number of rotatable bonds is 4. The van der Waals surface area contributed by atoms with Crippen molar-refractivity contribution in [2.24, 2.45) is 0 Å². The van der Waals surface area contributed by atoms with Gasteiger partial charge in [-0.3, -0.25) is 9.89 Å². The van der Waals surface area contributed by atoms with E-state index >= 15 is 0 Å². The molecule has 2 aromatic heterocycles. The predicted octanol–water partition coefficient (Wildman–Crippen LogP) is 2.56. The molecule has 4 aromatic rings. The van der Waals surface area contributed by atoms with E-state index in [9.17, 15) is 4.79 Å². The number of aromatic nitrogens is 5. The van der Waals surface area contributed by atoms with Crippen molar-refractivity contribution in [3.8, 4) is 17.1 Å². The van der Waals surface area contributed by atoms with Gasteiger partial charge in [0, 0.05) is 17.5 Å². The quantitative estimate of drug-likeness (QED) is 0.601. The summed E-state index contributed by atoms with van der Waals surface area (Å²) in [5.41, 5.74) is 3.85. The largest absolute Gasteiger partial charge is 0.352 e. The SMILES string of the molecule is CCNC(=O)c1ccc(-n2cc(-c3n[nH]c4ccccc34)nn2)cc1. The Bertz CT molecular complexity index is 1030. The van der Waals surface area contributed by atoms with Crippen LogP contribution in [0.15, 0.2) is 54.7 Å². The number of para-hydroxylation sites is 1. The van der Waals surface area contributed by atoms with E-state index in [1.165, 1.54) is 0 Å². The summed E-state index contributed by atoms with van der Waals surface area (Å²) in [5, 5.41) is 19.5. The van der Waals surface area contributed by atoms with E-state index in [-0.39, 0.29) is 5.91 Å². The number of benzene rings is 2. The fourth-order valence-corrected chi connectivity index (χ4v) is 2.69. The summed E-state index contributed by atoms with van der Waals surface area (Å²) in [6.07, 6.45) is 1.82. The summed E-state index contributed by atoms with van der Waals surface area (Å²) in [5.74, 6) is -0.0867. The highest BCUT2D eigenvalue weighted by Crippen LogP contribution is 2.24. The third kappa shape index (κ3) is 2.76. The number of hydrogen-bond donors (Lipinski definition) is 2. The number of fused-ring (bicyclic) bond motifs is 1. The van der Waals surface area contributed by atoms with Gasteiger partial charge in [0.25, 0.3) is 5.91 Å². The lowest BCUT2D eigenvalue weighted by atomic mass is 10.2. The van der Waals surface area contributed by atoms with E-state index in [2.05, 4.69) is 25.8 Å². The first-order valence-corrected chi connectivity index (χ1v) is 8.00. The number of carbonyl (C=O) groups is 1. The fourth-order valence-electron chi connectivity index (χ4n) is 2.69. The Morgan fingerprint density at radius 2 is 1.96 bits per heavy atom. The normalized spacial score (nSPS) is 10.9. The Morgan fingerprint density at radius 3 is 2.76 bits per heavy atom. The average molecular weight is 332 g/mol. The van der Waals surface area contributed by atoms with Crippen molar-refractivity contribution in [3.05, 3.63) is 60.3 Å². The highest BCUT2D eigenvalue weighted by atomic mass is 16.1. The van der Waals surface area contributed by atoms with Crippen LogP contribution in [0.3, 0.4) is 0 Å². The van der Waals surface area contributed by atoms with E-state index in [0.29, 0.717) is 17.8 Å². The lowest BCUT2D eigenvalue weighted by molar-refractivity contribution is 0.0956. The van der Waals surface area contributed by atoms with Gasteiger partial charge in [-0.05, 0) is 37.3 Å². The molecular weight excluding hydrogens is 316 g/mol. The molecule has 0 atom stereocenters. The van der Waals surface area contributed by atoms with Crippen LogP contribution in [0.4, 0.5) is 0 Å². The minimum atomic E-state index is -0.0867. The minimum Gasteiger partial charge on any atom is -0.352 e. The summed E-state index contributed by atoms with van der Waals surface area (Å²) < 4.78 is 1.67. The number of amides is 1. The molecule has 0 saturated carbocycles. The molecule has 0 radical (unpaired) electrons. The van der Waals surface area contributed by atoms with Crippen LogP contribution in [0.25, 0.3) is 28.0 Å². The van der Waals surface area contributed by atoms with Gasteiger partial charge in [0.2, 0.25) is 0 Å². The maximum absolute atomic E-state index is 11.8. The number of carbonyl (C=O) groups excluding carboxylic acids is 1. The monoisotopic (exact) mass is 332 g/mol. The number of aromatic amines is 1. The maximum atomic E-state index is 11.8. The van der Waals surface area contributed by atoms with Crippen molar-refractivity contribution in [3.63, 3.8) is 0 Å². The second-order valence-corrected chi connectivity index (χ2v) is 5.57. The zero-order chi connectivity index (χ0) is 17.2. The molecule has 0 spiro atoms. The molecule has 0 aliphatic carbocycles. The van der Waals surface area contributed by atoms with Gasteiger partial charge in [-0.2, -0.15) is 5.10 Å². The van der Waals surface area contributed by atoms with Gasteiger partial charge >= 0.3 is 0 Å². The lowest BCUT2D eigenvalue weighted by Crippen LogP contribution is -2.22. The molecule has 2 aromatic carbocycles. The lowest BCUT2D eigenvalue weighted by Gasteiger charge is -2.03. The van der Waals surface area contributed by atoms with Gasteiger partial charge in [-0.15, -0.1) is 5.10 Å². The van der Waals surface area contributed by atoms with Crippen LogP contribution in [0.1, 0.15) is 17.3 Å². The second kappa shape index (κ2) is 6.20. The Hall–Kier alpha value is -3.48. The third-order valence-corrected chi connectivity index (χ3v) is 3.94. The first-order chi connectivity index (χ1) is 12.3. The van der Waals surface area contributed by atoms with Crippen LogP contribution in [0.2, 0.25) is 0 Å². The Kier molecular flexibility index (Phi) is 3.74. The van der Waals surface area contributed by atoms with E-state index in [4.69, 9.17) is 0 Å². The first kappa shape index (κ1) is 15.1. The smallest absolute Gasteiger partial charge is 0.251 e. The van der Waals surface area contributed by atoms with Crippen LogP contribution < -0.4 is 5.32 Å². The Morgan fingerprint density at radius 1 is 1.16 bits per heavy atom. The number of H-pyrrole nitrogens is 1. The molecule has 2 N–H and O–H groups in total. The van der Waals surface area contributed by atoms with Gasteiger partial charge < -0.3 is 5.32 Å². The van der Waals surface area contributed by atoms with Crippen molar-refractivity contribution in [1.82, 2.24) is 30.5 Å². The van der Waals surface area contributed by atoms with Gasteiger partial charge in [-0.1, -0.05) is 23.4 Å². The van der Waals surface area contributed by atoms with Gasteiger partial charge in [0.15, 0.2) is 0 Å². The van der Waals surface area contributed by atoms with Gasteiger partial charge in [-0.25, -0.2) is 4.68 Å². The predicted molar refractivity (Wildman–Crippen MR) is 94.5 cm³/mol. The molecule has 4 rings (SSSR count). The molecule has 7 heteroatoms. The molecule has 25 heavy (non-hydrogen) atoms. The molecular formula is C18H16N6O. The van der Waals surface area contributed by atoms with Crippen molar-refractivity contribution in [1.29, 1.82) is 0 Å². The molecule has 0 aliphatic rings. The second-order valence-electron chi connectivity index (χ2n) is 5.57.